The maximum atomic E-state index is 12.7. The second-order valence-electron chi connectivity index (χ2n) is 11.3. The van der Waals surface area contributed by atoms with Crippen LogP contribution in [0.3, 0.4) is 0 Å². The number of unbranched alkanes of at least 4 members (excludes halogenated alkanes) is 1. The van der Waals surface area contributed by atoms with Gasteiger partial charge in [0.25, 0.3) is 5.91 Å². The molecule has 5 rings (SSSR count). The fraction of sp³-hybridized carbons (Fsp3) is 0.375. The highest BCUT2D eigenvalue weighted by Gasteiger charge is 2.41. The number of amides is 2. The number of nitrogens with one attached hydrogen (secondary N) is 1. The molecule has 1 aliphatic carbocycles. The molecule has 0 atom stereocenters. The highest BCUT2D eigenvalue weighted by molar-refractivity contribution is 5.99. The van der Waals surface area contributed by atoms with E-state index in [-0.39, 0.29) is 12.5 Å². The standard InChI is InChI=1S/C32H34N4O4/c1-31(2,3)40-30(38)35-32(16-9-17-32)24-14-12-23(13-15-24)28-25(22-10-5-4-6-11-22)20-26-29(34-28)39-21-27(37)36(26)19-8-7-18-33/h4-6,10-15,20H,7-9,16-17,19,21H2,1-3H3,(H,35,38). The van der Waals surface area contributed by atoms with Crippen LogP contribution in [0.5, 0.6) is 5.88 Å². The number of carbonyl (C=O) groups is 2. The molecular weight excluding hydrogens is 504 g/mol. The minimum Gasteiger partial charge on any atom is -0.466 e. The third-order valence-electron chi connectivity index (χ3n) is 7.31. The lowest BCUT2D eigenvalue weighted by Gasteiger charge is -2.43. The average molecular weight is 539 g/mol. The number of anilines is 1. The van der Waals surface area contributed by atoms with Gasteiger partial charge in [-0.1, -0.05) is 54.6 Å². The minimum absolute atomic E-state index is 0.0888. The number of aromatic nitrogens is 1. The van der Waals surface area contributed by atoms with E-state index in [2.05, 4.69) is 11.4 Å². The van der Waals surface area contributed by atoms with Crippen LogP contribution in [-0.4, -0.2) is 35.7 Å². The molecule has 2 heterocycles. The van der Waals surface area contributed by atoms with E-state index in [0.717, 1.165) is 47.2 Å². The smallest absolute Gasteiger partial charge is 0.408 e. The summed E-state index contributed by atoms with van der Waals surface area (Å²) in [6, 6.07) is 22.2. The lowest BCUT2D eigenvalue weighted by Crippen LogP contribution is -2.52. The minimum atomic E-state index is -0.567. The summed E-state index contributed by atoms with van der Waals surface area (Å²) in [5.74, 6) is 0.254. The second kappa shape index (κ2) is 11.0. The molecule has 2 amide bonds. The number of fused-ring (bicyclic) bond motifs is 1. The first kappa shape index (κ1) is 27.2. The quantitative estimate of drug-likeness (QED) is 0.352. The first-order valence-electron chi connectivity index (χ1n) is 13.7. The maximum absolute atomic E-state index is 12.7. The van der Waals surface area contributed by atoms with E-state index >= 15 is 0 Å². The Hall–Kier alpha value is -4.38. The zero-order valence-corrected chi connectivity index (χ0v) is 23.2. The Labute approximate surface area is 234 Å². The molecule has 1 fully saturated rings. The number of nitriles is 1. The van der Waals surface area contributed by atoms with E-state index in [4.69, 9.17) is 19.7 Å². The first-order chi connectivity index (χ1) is 19.2. The molecule has 0 spiro atoms. The van der Waals surface area contributed by atoms with Crippen molar-refractivity contribution in [3.8, 4) is 34.3 Å². The topological polar surface area (TPSA) is 105 Å². The Morgan fingerprint density at radius 2 is 1.85 bits per heavy atom. The predicted molar refractivity (Wildman–Crippen MR) is 153 cm³/mol. The van der Waals surface area contributed by atoms with Crippen LogP contribution >= 0.6 is 0 Å². The van der Waals surface area contributed by atoms with Crippen molar-refractivity contribution < 1.29 is 19.1 Å². The van der Waals surface area contributed by atoms with Crippen molar-refractivity contribution in [2.75, 3.05) is 18.1 Å². The highest BCUT2D eigenvalue weighted by atomic mass is 16.6. The summed E-state index contributed by atoms with van der Waals surface area (Å²) in [5, 5.41) is 12.1. The number of ether oxygens (including phenoxy) is 2. The second-order valence-corrected chi connectivity index (χ2v) is 11.3. The molecule has 8 nitrogen and oxygen atoms in total. The van der Waals surface area contributed by atoms with Gasteiger partial charge in [0.1, 0.15) is 11.3 Å². The van der Waals surface area contributed by atoms with Crippen LogP contribution in [0.4, 0.5) is 10.5 Å². The Kier molecular flexibility index (Phi) is 7.49. The molecule has 1 saturated carbocycles. The van der Waals surface area contributed by atoms with E-state index in [1.165, 1.54) is 0 Å². The van der Waals surface area contributed by atoms with Crippen molar-refractivity contribution in [2.24, 2.45) is 0 Å². The summed E-state index contributed by atoms with van der Waals surface area (Å²) in [4.78, 5) is 31.9. The Morgan fingerprint density at radius 3 is 2.48 bits per heavy atom. The van der Waals surface area contributed by atoms with Gasteiger partial charge in [0.05, 0.1) is 17.3 Å². The summed E-state index contributed by atoms with van der Waals surface area (Å²) in [6.45, 7) is 5.91. The molecule has 3 aromatic rings. The largest absolute Gasteiger partial charge is 0.466 e. The Bertz CT molecular complexity index is 1430. The lowest BCUT2D eigenvalue weighted by atomic mass is 9.71. The monoisotopic (exact) mass is 538 g/mol. The van der Waals surface area contributed by atoms with Crippen LogP contribution in [0, 0.1) is 11.3 Å². The predicted octanol–water partition coefficient (Wildman–Crippen LogP) is 6.35. The van der Waals surface area contributed by atoms with Crippen molar-refractivity contribution in [3.63, 3.8) is 0 Å². The van der Waals surface area contributed by atoms with Crippen LogP contribution in [0.2, 0.25) is 0 Å². The normalized spacial score (nSPS) is 15.8. The molecule has 8 heteroatoms. The molecule has 206 valence electrons. The van der Waals surface area contributed by atoms with Gasteiger partial charge in [-0.2, -0.15) is 5.26 Å². The number of alkyl carbamates (subject to hydrolysis) is 1. The molecule has 40 heavy (non-hydrogen) atoms. The fourth-order valence-corrected chi connectivity index (χ4v) is 5.21. The van der Waals surface area contributed by atoms with Crippen molar-refractivity contribution in [1.82, 2.24) is 10.3 Å². The zero-order chi connectivity index (χ0) is 28.3. The average Bonchev–Trinajstić information content (AvgIpc) is 2.91. The van der Waals surface area contributed by atoms with Crippen LogP contribution < -0.4 is 15.0 Å². The Morgan fingerprint density at radius 1 is 1.12 bits per heavy atom. The van der Waals surface area contributed by atoms with Gasteiger partial charge in [0.2, 0.25) is 5.88 Å². The molecule has 0 bridgehead atoms. The van der Waals surface area contributed by atoms with Crippen molar-refractivity contribution >= 4 is 17.7 Å². The number of hydrogen-bond donors (Lipinski definition) is 1. The van der Waals surface area contributed by atoms with E-state index in [0.29, 0.717) is 31.0 Å². The summed E-state index contributed by atoms with van der Waals surface area (Å²) in [6.07, 6.45) is 3.26. The molecular formula is C32H34N4O4. The van der Waals surface area contributed by atoms with Crippen LogP contribution in [-0.2, 0) is 15.1 Å². The number of hydrogen-bond acceptors (Lipinski definition) is 6. The summed E-state index contributed by atoms with van der Waals surface area (Å²) >= 11 is 0. The maximum Gasteiger partial charge on any atom is 0.408 e. The molecule has 1 aromatic heterocycles. The van der Waals surface area contributed by atoms with Crippen molar-refractivity contribution in [1.29, 1.82) is 5.26 Å². The summed E-state index contributed by atoms with van der Waals surface area (Å²) in [7, 11) is 0. The number of pyridine rings is 1. The van der Waals surface area contributed by atoms with E-state index in [1.807, 2.05) is 81.4 Å². The Balaban J connectivity index is 1.51. The van der Waals surface area contributed by atoms with Crippen LogP contribution in [0.15, 0.2) is 60.7 Å². The van der Waals surface area contributed by atoms with Crippen molar-refractivity contribution in [2.45, 2.75) is 64.0 Å². The van der Waals surface area contributed by atoms with Gasteiger partial charge in [0.15, 0.2) is 6.61 Å². The lowest BCUT2D eigenvalue weighted by molar-refractivity contribution is -0.121. The van der Waals surface area contributed by atoms with Crippen molar-refractivity contribution in [3.05, 3.63) is 66.2 Å². The number of nitrogens with zero attached hydrogens (tertiary/aromatic N) is 3. The molecule has 1 N–H and O–H groups in total. The number of rotatable bonds is 7. The van der Waals surface area contributed by atoms with Gasteiger partial charge in [-0.3, -0.25) is 4.79 Å². The van der Waals surface area contributed by atoms with Gasteiger partial charge in [0, 0.05) is 24.1 Å². The van der Waals surface area contributed by atoms with E-state index in [1.54, 1.807) is 4.90 Å². The van der Waals surface area contributed by atoms with Gasteiger partial charge in [-0.15, -0.1) is 0 Å². The summed E-state index contributed by atoms with van der Waals surface area (Å²) in [5.41, 5.74) is 4.11. The van der Waals surface area contributed by atoms with Crippen LogP contribution in [0.25, 0.3) is 22.4 Å². The molecule has 2 aromatic carbocycles. The third kappa shape index (κ3) is 5.64. The molecule has 2 aliphatic rings. The first-order valence-corrected chi connectivity index (χ1v) is 13.7. The third-order valence-corrected chi connectivity index (χ3v) is 7.31. The van der Waals surface area contributed by atoms with Gasteiger partial charge < -0.3 is 19.7 Å². The molecule has 0 unspecified atom stereocenters. The van der Waals surface area contributed by atoms with Gasteiger partial charge in [-0.05, 0) is 63.6 Å². The molecule has 0 saturated heterocycles. The number of benzene rings is 2. The zero-order valence-electron chi connectivity index (χ0n) is 23.2. The van der Waals surface area contributed by atoms with Gasteiger partial charge >= 0.3 is 6.09 Å². The fourth-order valence-electron chi connectivity index (χ4n) is 5.21. The SMILES string of the molecule is CC(C)(C)OC(=O)NC1(c2ccc(-c3nc4c(cc3-c3ccccc3)N(CCCC#N)C(=O)CO4)cc2)CCC1. The molecule has 1 aliphatic heterocycles. The van der Waals surface area contributed by atoms with E-state index < -0.39 is 17.2 Å². The number of carbonyl (C=O) groups excluding carboxylic acids is 2. The summed E-state index contributed by atoms with van der Waals surface area (Å²) < 4.78 is 11.3. The van der Waals surface area contributed by atoms with Gasteiger partial charge in [-0.25, -0.2) is 9.78 Å². The molecule has 0 radical (unpaired) electrons. The van der Waals surface area contributed by atoms with Crippen LogP contribution in [0.1, 0.15) is 58.4 Å². The highest BCUT2D eigenvalue weighted by Crippen LogP contribution is 2.44. The van der Waals surface area contributed by atoms with E-state index in [9.17, 15) is 9.59 Å².